The average Bonchev–Trinajstić information content (AvgIpc) is 2.60. The van der Waals surface area contributed by atoms with Crippen molar-refractivity contribution in [2.45, 2.75) is 19.3 Å². The van der Waals surface area contributed by atoms with E-state index in [-0.39, 0.29) is 11.6 Å². The van der Waals surface area contributed by atoms with Gasteiger partial charge in [0.2, 0.25) is 5.91 Å². The lowest BCUT2D eigenvalue weighted by Crippen LogP contribution is -2.25. The summed E-state index contributed by atoms with van der Waals surface area (Å²) in [5, 5.41) is 13.4. The standard InChI is InChI=1S/C18H20N2O4/c21-18(7-4-14-24-17-5-2-1-3-6-17)19-13-12-15-8-10-16(11-9-15)20(22)23/h1-3,5-6,8-11H,4,7,12-14H2,(H,19,21). The molecule has 0 aliphatic heterocycles. The maximum absolute atomic E-state index is 11.7. The van der Waals surface area contributed by atoms with Crippen LogP contribution in [-0.4, -0.2) is 24.0 Å². The Morgan fingerprint density at radius 3 is 2.46 bits per heavy atom. The van der Waals surface area contributed by atoms with Crippen LogP contribution in [0.4, 0.5) is 5.69 Å². The summed E-state index contributed by atoms with van der Waals surface area (Å²) in [5.41, 5.74) is 1.02. The molecular weight excluding hydrogens is 308 g/mol. The van der Waals surface area contributed by atoms with Gasteiger partial charge in [-0.2, -0.15) is 0 Å². The fraction of sp³-hybridized carbons (Fsp3) is 0.278. The largest absolute Gasteiger partial charge is 0.494 e. The molecule has 0 heterocycles. The summed E-state index contributed by atoms with van der Waals surface area (Å²) in [6.45, 7) is 1.01. The summed E-state index contributed by atoms with van der Waals surface area (Å²) in [6.07, 6.45) is 1.70. The second-order valence-corrected chi connectivity index (χ2v) is 5.29. The number of hydrogen-bond donors (Lipinski definition) is 1. The topological polar surface area (TPSA) is 81.5 Å². The van der Waals surface area contributed by atoms with Gasteiger partial charge in [0, 0.05) is 25.1 Å². The summed E-state index contributed by atoms with van der Waals surface area (Å²) in [5.74, 6) is 0.782. The van der Waals surface area contributed by atoms with Crippen LogP contribution < -0.4 is 10.1 Å². The lowest BCUT2D eigenvalue weighted by Gasteiger charge is -2.07. The molecule has 1 amide bonds. The summed E-state index contributed by atoms with van der Waals surface area (Å²) >= 11 is 0. The highest BCUT2D eigenvalue weighted by atomic mass is 16.6. The van der Waals surface area contributed by atoms with Crippen LogP contribution in [0.5, 0.6) is 5.75 Å². The minimum Gasteiger partial charge on any atom is -0.494 e. The molecule has 24 heavy (non-hydrogen) atoms. The molecule has 2 aromatic rings. The van der Waals surface area contributed by atoms with Crippen molar-refractivity contribution in [3.63, 3.8) is 0 Å². The van der Waals surface area contributed by atoms with Gasteiger partial charge in [0.1, 0.15) is 5.75 Å². The van der Waals surface area contributed by atoms with Gasteiger partial charge in [0.15, 0.2) is 0 Å². The van der Waals surface area contributed by atoms with Crippen molar-refractivity contribution in [3.05, 3.63) is 70.3 Å². The van der Waals surface area contributed by atoms with E-state index in [0.717, 1.165) is 11.3 Å². The molecule has 2 rings (SSSR count). The fourth-order valence-electron chi connectivity index (χ4n) is 2.16. The summed E-state index contributed by atoms with van der Waals surface area (Å²) < 4.78 is 5.53. The van der Waals surface area contributed by atoms with Gasteiger partial charge < -0.3 is 10.1 Å². The molecule has 0 aromatic heterocycles. The number of carbonyl (C=O) groups is 1. The normalized spacial score (nSPS) is 10.2. The third-order valence-electron chi connectivity index (χ3n) is 3.44. The highest BCUT2D eigenvalue weighted by Crippen LogP contribution is 2.12. The summed E-state index contributed by atoms with van der Waals surface area (Å²) in [4.78, 5) is 21.9. The number of carbonyl (C=O) groups excluding carboxylic acids is 1. The van der Waals surface area contributed by atoms with E-state index >= 15 is 0 Å². The molecule has 0 atom stereocenters. The molecule has 0 spiro atoms. The van der Waals surface area contributed by atoms with Crippen molar-refractivity contribution >= 4 is 11.6 Å². The van der Waals surface area contributed by atoms with Gasteiger partial charge in [0.25, 0.3) is 5.69 Å². The first-order valence-corrected chi connectivity index (χ1v) is 7.83. The molecule has 0 aliphatic rings. The van der Waals surface area contributed by atoms with Gasteiger partial charge in [-0.05, 0) is 30.5 Å². The first-order chi connectivity index (χ1) is 11.6. The van der Waals surface area contributed by atoms with Crippen molar-refractivity contribution < 1.29 is 14.5 Å². The number of benzene rings is 2. The molecule has 0 saturated heterocycles. The Bertz CT molecular complexity index is 656. The van der Waals surface area contributed by atoms with Crippen LogP contribution in [0.1, 0.15) is 18.4 Å². The molecule has 0 aliphatic carbocycles. The number of ether oxygens (including phenoxy) is 1. The van der Waals surface area contributed by atoms with E-state index < -0.39 is 4.92 Å². The molecule has 0 fully saturated rings. The highest BCUT2D eigenvalue weighted by molar-refractivity contribution is 5.75. The number of nitrogens with zero attached hydrogens (tertiary/aromatic N) is 1. The fourth-order valence-corrected chi connectivity index (χ4v) is 2.16. The number of rotatable bonds is 9. The second-order valence-electron chi connectivity index (χ2n) is 5.29. The van der Waals surface area contributed by atoms with Gasteiger partial charge in [-0.15, -0.1) is 0 Å². The first-order valence-electron chi connectivity index (χ1n) is 7.83. The van der Waals surface area contributed by atoms with Crippen LogP contribution in [0, 0.1) is 10.1 Å². The number of nitrogens with one attached hydrogen (secondary N) is 1. The van der Waals surface area contributed by atoms with Crippen molar-refractivity contribution in [2.24, 2.45) is 0 Å². The zero-order valence-corrected chi connectivity index (χ0v) is 13.3. The van der Waals surface area contributed by atoms with E-state index in [1.807, 2.05) is 30.3 Å². The van der Waals surface area contributed by atoms with E-state index in [2.05, 4.69) is 5.32 Å². The minimum atomic E-state index is -0.428. The Morgan fingerprint density at radius 1 is 1.08 bits per heavy atom. The van der Waals surface area contributed by atoms with Gasteiger partial charge in [-0.25, -0.2) is 0 Å². The second kappa shape index (κ2) is 9.29. The van der Waals surface area contributed by atoms with E-state index in [9.17, 15) is 14.9 Å². The Labute approximate surface area is 140 Å². The van der Waals surface area contributed by atoms with Crippen molar-refractivity contribution in [1.82, 2.24) is 5.32 Å². The minimum absolute atomic E-state index is 0.0198. The molecule has 1 N–H and O–H groups in total. The van der Waals surface area contributed by atoms with Gasteiger partial charge in [0.05, 0.1) is 11.5 Å². The molecule has 126 valence electrons. The molecule has 2 aromatic carbocycles. The third-order valence-corrected chi connectivity index (χ3v) is 3.44. The number of nitro groups is 1. The number of para-hydroxylation sites is 1. The lowest BCUT2D eigenvalue weighted by atomic mass is 10.1. The first kappa shape index (κ1) is 17.5. The molecule has 6 nitrogen and oxygen atoms in total. The highest BCUT2D eigenvalue weighted by Gasteiger charge is 2.05. The average molecular weight is 328 g/mol. The SMILES string of the molecule is O=C(CCCOc1ccccc1)NCCc1ccc([N+](=O)[O-])cc1. The number of nitro benzene ring substituents is 1. The zero-order chi connectivity index (χ0) is 17.2. The molecule has 6 heteroatoms. The summed E-state index contributed by atoms with van der Waals surface area (Å²) in [6, 6.07) is 15.8. The van der Waals surface area contributed by atoms with Crippen molar-refractivity contribution in [2.75, 3.05) is 13.2 Å². The summed E-state index contributed by atoms with van der Waals surface area (Å²) in [7, 11) is 0. The van der Waals surface area contributed by atoms with Crippen molar-refractivity contribution in [3.8, 4) is 5.75 Å². The Morgan fingerprint density at radius 2 is 1.79 bits per heavy atom. The molecular formula is C18H20N2O4. The van der Waals surface area contributed by atoms with Crippen LogP contribution in [0.3, 0.4) is 0 Å². The zero-order valence-electron chi connectivity index (χ0n) is 13.3. The monoisotopic (exact) mass is 328 g/mol. The van der Waals surface area contributed by atoms with Crippen molar-refractivity contribution in [1.29, 1.82) is 0 Å². The Hall–Kier alpha value is -2.89. The van der Waals surface area contributed by atoms with E-state index in [4.69, 9.17) is 4.74 Å². The Balaban J connectivity index is 1.58. The maximum Gasteiger partial charge on any atom is 0.269 e. The van der Waals surface area contributed by atoms with Crippen LogP contribution >= 0.6 is 0 Å². The third kappa shape index (κ3) is 6.08. The number of amides is 1. The molecule has 0 saturated carbocycles. The smallest absolute Gasteiger partial charge is 0.269 e. The maximum atomic E-state index is 11.7. The predicted molar refractivity (Wildman–Crippen MR) is 91.0 cm³/mol. The molecule has 0 radical (unpaired) electrons. The Kier molecular flexibility index (Phi) is 6.76. The number of hydrogen-bond acceptors (Lipinski definition) is 4. The van der Waals surface area contributed by atoms with Crippen LogP contribution in [-0.2, 0) is 11.2 Å². The van der Waals surface area contributed by atoms with E-state index in [1.165, 1.54) is 12.1 Å². The van der Waals surface area contributed by atoms with Crippen LogP contribution in [0.2, 0.25) is 0 Å². The van der Waals surface area contributed by atoms with Gasteiger partial charge in [-0.3, -0.25) is 14.9 Å². The van der Waals surface area contributed by atoms with E-state index in [0.29, 0.717) is 32.4 Å². The van der Waals surface area contributed by atoms with Gasteiger partial charge >= 0.3 is 0 Å². The molecule has 0 bridgehead atoms. The quantitative estimate of drug-likeness (QED) is 0.435. The van der Waals surface area contributed by atoms with Gasteiger partial charge in [-0.1, -0.05) is 30.3 Å². The van der Waals surface area contributed by atoms with E-state index in [1.54, 1.807) is 12.1 Å². The number of non-ortho nitro benzene ring substituents is 1. The lowest BCUT2D eigenvalue weighted by molar-refractivity contribution is -0.384. The predicted octanol–water partition coefficient (Wildman–Crippen LogP) is 3.11. The van der Waals surface area contributed by atoms with Crippen LogP contribution in [0.15, 0.2) is 54.6 Å². The van der Waals surface area contributed by atoms with Crippen LogP contribution in [0.25, 0.3) is 0 Å². The molecule has 0 unspecified atom stereocenters.